The van der Waals surface area contributed by atoms with E-state index < -0.39 is 6.43 Å². The predicted octanol–water partition coefficient (Wildman–Crippen LogP) is 3.68. The fraction of sp³-hybridized carbons (Fsp3) is 0.143. The molecule has 0 amide bonds. The topological polar surface area (TPSA) is 3.24 Å². The van der Waals surface area contributed by atoms with Crippen molar-refractivity contribution in [2.75, 3.05) is 6.54 Å². The summed E-state index contributed by atoms with van der Waals surface area (Å²) in [4.78, 5) is 1.54. The van der Waals surface area contributed by atoms with E-state index in [9.17, 15) is 8.78 Å². The van der Waals surface area contributed by atoms with Gasteiger partial charge in [0.1, 0.15) is 0 Å². The van der Waals surface area contributed by atoms with Crippen molar-refractivity contribution in [2.24, 2.45) is 0 Å². The summed E-state index contributed by atoms with van der Waals surface area (Å²) in [5.41, 5.74) is 2.27. The zero-order valence-electron chi connectivity index (χ0n) is 9.31. The molecule has 0 bridgehead atoms. The number of rotatable bonds is 3. The highest BCUT2D eigenvalue weighted by atomic mass is 19.3. The zero-order chi connectivity index (χ0) is 12.3. The molecule has 0 spiro atoms. The Morgan fingerprint density at radius 3 is 2.53 bits per heavy atom. The van der Waals surface area contributed by atoms with Crippen LogP contribution in [-0.2, 0) is 0 Å². The summed E-state index contributed by atoms with van der Waals surface area (Å²) in [6, 6.07) is 9.47. The van der Waals surface area contributed by atoms with Crippen LogP contribution in [0.25, 0.3) is 5.70 Å². The van der Waals surface area contributed by atoms with Gasteiger partial charge in [0.2, 0.25) is 0 Å². The van der Waals surface area contributed by atoms with Crippen LogP contribution in [0.5, 0.6) is 0 Å². The summed E-state index contributed by atoms with van der Waals surface area (Å²) in [5.74, 6) is 0. The Bertz CT molecular complexity index is 460. The first-order valence-electron chi connectivity index (χ1n) is 5.37. The van der Waals surface area contributed by atoms with E-state index in [1.807, 2.05) is 42.5 Å². The summed E-state index contributed by atoms with van der Waals surface area (Å²) in [7, 11) is 0. The van der Waals surface area contributed by atoms with Crippen molar-refractivity contribution in [1.82, 2.24) is 4.90 Å². The van der Waals surface area contributed by atoms with Crippen molar-refractivity contribution in [2.45, 2.75) is 6.43 Å². The van der Waals surface area contributed by atoms with Crippen LogP contribution in [0.3, 0.4) is 0 Å². The van der Waals surface area contributed by atoms with E-state index in [-0.39, 0.29) is 6.54 Å². The smallest absolute Gasteiger partial charge is 0.256 e. The average Bonchev–Trinajstić information content (AvgIpc) is 2.32. The fourth-order valence-corrected chi connectivity index (χ4v) is 1.80. The molecule has 0 aromatic heterocycles. The maximum Gasteiger partial charge on any atom is 0.256 e. The number of hydrogen-bond acceptors (Lipinski definition) is 1. The van der Waals surface area contributed by atoms with Gasteiger partial charge in [0.25, 0.3) is 6.43 Å². The summed E-state index contributed by atoms with van der Waals surface area (Å²) in [6.45, 7) is 3.46. The van der Waals surface area contributed by atoms with Crippen LogP contribution >= 0.6 is 0 Å². The van der Waals surface area contributed by atoms with Gasteiger partial charge in [-0.1, -0.05) is 43.0 Å². The highest BCUT2D eigenvalue weighted by molar-refractivity contribution is 5.69. The maximum atomic E-state index is 12.5. The van der Waals surface area contributed by atoms with E-state index >= 15 is 0 Å². The van der Waals surface area contributed by atoms with Crippen molar-refractivity contribution >= 4 is 5.70 Å². The molecule has 0 fully saturated rings. The Labute approximate surface area is 99.4 Å². The lowest BCUT2D eigenvalue weighted by molar-refractivity contribution is 0.123. The molecule has 0 aliphatic carbocycles. The highest BCUT2D eigenvalue weighted by Crippen LogP contribution is 2.27. The number of alkyl halides is 2. The number of nitrogens with zero attached hydrogens (tertiary/aromatic N) is 1. The number of halogens is 2. The van der Waals surface area contributed by atoms with Gasteiger partial charge in [-0.2, -0.15) is 0 Å². The number of benzene rings is 1. The summed E-state index contributed by atoms with van der Waals surface area (Å²) < 4.78 is 25.1. The molecule has 2 rings (SSSR count). The molecule has 1 aromatic rings. The molecule has 1 nitrogen and oxygen atoms in total. The molecule has 1 heterocycles. The second-order valence-corrected chi connectivity index (χ2v) is 3.77. The van der Waals surface area contributed by atoms with Gasteiger partial charge in [-0.15, -0.1) is 0 Å². The Kier molecular flexibility index (Phi) is 3.38. The van der Waals surface area contributed by atoms with Gasteiger partial charge in [-0.05, 0) is 17.7 Å². The van der Waals surface area contributed by atoms with Crippen molar-refractivity contribution in [1.29, 1.82) is 0 Å². The van der Waals surface area contributed by atoms with E-state index in [0.717, 1.165) is 11.3 Å². The molecule has 3 heteroatoms. The lowest BCUT2D eigenvalue weighted by Crippen LogP contribution is -2.27. The minimum atomic E-state index is -2.38. The number of hydrogen-bond donors (Lipinski definition) is 0. The maximum absolute atomic E-state index is 12.5. The number of allylic oxidation sites excluding steroid dienone is 3. The minimum absolute atomic E-state index is 0.329. The monoisotopic (exact) mass is 233 g/mol. The molecule has 88 valence electrons. The van der Waals surface area contributed by atoms with Crippen molar-refractivity contribution in [3.05, 3.63) is 66.4 Å². The van der Waals surface area contributed by atoms with Gasteiger partial charge >= 0.3 is 0 Å². The fourth-order valence-electron chi connectivity index (χ4n) is 1.80. The molecular formula is C14H13F2N. The zero-order valence-corrected chi connectivity index (χ0v) is 9.31. The van der Waals surface area contributed by atoms with E-state index in [1.165, 1.54) is 0 Å². The second kappa shape index (κ2) is 4.95. The lowest BCUT2D eigenvalue weighted by Gasteiger charge is -2.29. The van der Waals surface area contributed by atoms with Gasteiger partial charge in [0.15, 0.2) is 0 Å². The summed E-state index contributed by atoms with van der Waals surface area (Å²) >= 11 is 0. The molecule has 1 aromatic carbocycles. The predicted molar refractivity (Wildman–Crippen MR) is 65.4 cm³/mol. The first-order valence-corrected chi connectivity index (χ1v) is 5.37. The van der Waals surface area contributed by atoms with E-state index in [1.54, 1.807) is 11.0 Å². The molecule has 0 saturated carbocycles. The first-order chi connectivity index (χ1) is 8.18. The molecule has 0 radical (unpaired) electrons. The molecule has 17 heavy (non-hydrogen) atoms. The van der Waals surface area contributed by atoms with E-state index in [0.29, 0.717) is 5.70 Å². The normalized spacial score (nSPS) is 15.4. The van der Waals surface area contributed by atoms with E-state index in [2.05, 4.69) is 6.58 Å². The van der Waals surface area contributed by atoms with Crippen LogP contribution in [0.2, 0.25) is 0 Å². The van der Waals surface area contributed by atoms with Crippen LogP contribution in [-0.4, -0.2) is 17.9 Å². The third-order valence-electron chi connectivity index (χ3n) is 2.57. The molecule has 0 atom stereocenters. The van der Waals surface area contributed by atoms with Crippen LogP contribution in [0.1, 0.15) is 5.56 Å². The van der Waals surface area contributed by atoms with Crippen molar-refractivity contribution < 1.29 is 8.78 Å². The van der Waals surface area contributed by atoms with Crippen LogP contribution in [0, 0.1) is 0 Å². The van der Waals surface area contributed by atoms with Gasteiger partial charge in [0.05, 0.1) is 6.54 Å². The van der Waals surface area contributed by atoms with Gasteiger partial charge < -0.3 is 4.90 Å². The molecule has 0 saturated heterocycles. The van der Waals surface area contributed by atoms with Crippen LogP contribution in [0.4, 0.5) is 8.78 Å². The largest absolute Gasteiger partial charge is 0.336 e. The molecule has 0 unspecified atom stereocenters. The lowest BCUT2D eigenvalue weighted by atomic mass is 10.1. The summed E-state index contributed by atoms with van der Waals surface area (Å²) in [6.07, 6.45) is 3.00. The Balaban J connectivity index is 2.33. The highest BCUT2D eigenvalue weighted by Gasteiger charge is 2.19. The Hall–Kier alpha value is -1.90. The quantitative estimate of drug-likeness (QED) is 0.769. The van der Waals surface area contributed by atoms with E-state index in [4.69, 9.17) is 0 Å². The van der Waals surface area contributed by atoms with Gasteiger partial charge in [-0.25, -0.2) is 8.78 Å². The molecule has 1 aliphatic rings. The third-order valence-corrected chi connectivity index (χ3v) is 2.57. The van der Waals surface area contributed by atoms with Crippen molar-refractivity contribution in [3.8, 4) is 0 Å². The minimum Gasteiger partial charge on any atom is -0.336 e. The van der Waals surface area contributed by atoms with Crippen molar-refractivity contribution in [3.63, 3.8) is 0 Å². The SMILES string of the molecule is C=C1C=CC=C(c2ccccc2)N1CC(F)F. The Morgan fingerprint density at radius 2 is 1.88 bits per heavy atom. The standard InChI is InChI=1S/C14H13F2N/c1-11-6-5-9-13(17(11)10-14(15)16)12-7-3-2-4-8-12/h2-9,14H,1,10H2. The molecular weight excluding hydrogens is 220 g/mol. The first kappa shape index (κ1) is 11.6. The van der Waals surface area contributed by atoms with Crippen LogP contribution in [0.15, 0.2) is 60.8 Å². The van der Waals surface area contributed by atoms with Crippen LogP contribution < -0.4 is 0 Å². The Morgan fingerprint density at radius 1 is 1.18 bits per heavy atom. The average molecular weight is 233 g/mol. The van der Waals surface area contributed by atoms with Gasteiger partial charge in [0, 0.05) is 11.4 Å². The molecule has 0 N–H and O–H groups in total. The van der Waals surface area contributed by atoms with Gasteiger partial charge in [-0.3, -0.25) is 0 Å². The second-order valence-electron chi connectivity index (χ2n) is 3.77. The molecule has 1 aliphatic heterocycles. The summed E-state index contributed by atoms with van der Waals surface area (Å²) in [5, 5.41) is 0. The third kappa shape index (κ3) is 2.61.